The lowest BCUT2D eigenvalue weighted by Crippen LogP contribution is -1.94. The van der Waals surface area contributed by atoms with Crippen molar-refractivity contribution in [2.24, 2.45) is 0 Å². The summed E-state index contributed by atoms with van der Waals surface area (Å²) in [7, 11) is 0. The van der Waals surface area contributed by atoms with Crippen molar-refractivity contribution in [3.63, 3.8) is 0 Å². The third-order valence-electron chi connectivity index (χ3n) is 1.84. The Kier molecular flexibility index (Phi) is 4.73. The molecule has 0 unspecified atom stereocenters. The minimum absolute atomic E-state index is 0.544. The molecule has 0 N–H and O–H groups in total. The Morgan fingerprint density at radius 3 is 2.64 bits per heavy atom. The first-order valence-electron chi connectivity index (χ1n) is 4.63. The number of hydrogen-bond acceptors (Lipinski definition) is 1. The van der Waals surface area contributed by atoms with E-state index in [1.54, 1.807) is 12.7 Å². The maximum atomic E-state index is 5.28. The molecular weight excluding hydrogens is 172 g/mol. The van der Waals surface area contributed by atoms with Gasteiger partial charge < -0.3 is 4.74 Å². The standard InChI is InChI=1S/C13H15O/c1-3-7-12-8-5-6-9-13(12)11-14-10-4-2/h3-6,8-9,11H,1-2,7,10H2. The molecule has 14 heavy (non-hydrogen) atoms. The van der Waals surface area contributed by atoms with Crippen LogP contribution in [0.15, 0.2) is 49.6 Å². The van der Waals surface area contributed by atoms with Crippen molar-refractivity contribution in [2.45, 2.75) is 6.42 Å². The van der Waals surface area contributed by atoms with E-state index in [1.807, 2.05) is 24.3 Å². The van der Waals surface area contributed by atoms with Crippen LogP contribution in [0.3, 0.4) is 0 Å². The maximum Gasteiger partial charge on any atom is 0.114 e. The second-order valence-corrected chi connectivity index (χ2v) is 2.93. The Hall–Kier alpha value is -1.34. The van der Waals surface area contributed by atoms with Crippen LogP contribution in [0.4, 0.5) is 0 Å². The Morgan fingerprint density at radius 2 is 1.93 bits per heavy atom. The summed E-state index contributed by atoms with van der Waals surface area (Å²) in [5.74, 6) is 0. The number of rotatable bonds is 6. The molecule has 0 saturated carbocycles. The van der Waals surface area contributed by atoms with E-state index in [0.29, 0.717) is 6.61 Å². The van der Waals surface area contributed by atoms with Crippen LogP contribution in [0.5, 0.6) is 0 Å². The average Bonchev–Trinajstić information content (AvgIpc) is 2.21. The van der Waals surface area contributed by atoms with E-state index >= 15 is 0 Å². The van der Waals surface area contributed by atoms with E-state index in [4.69, 9.17) is 4.74 Å². The minimum Gasteiger partial charge on any atom is -0.366 e. The fraction of sp³-hybridized carbons (Fsp3) is 0.154. The molecule has 0 bridgehead atoms. The van der Waals surface area contributed by atoms with Crippen molar-refractivity contribution in [2.75, 3.05) is 6.61 Å². The molecular formula is C13H15O. The van der Waals surface area contributed by atoms with E-state index in [-0.39, 0.29) is 0 Å². The van der Waals surface area contributed by atoms with E-state index in [1.165, 1.54) is 5.56 Å². The SMILES string of the molecule is C=CCO[CH]c1ccccc1CC=C. The van der Waals surface area contributed by atoms with Crippen LogP contribution < -0.4 is 0 Å². The second kappa shape index (κ2) is 6.17. The van der Waals surface area contributed by atoms with E-state index in [2.05, 4.69) is 19.2 Å². The van der Waals surface area contributed by atoms with Gasteiger partial charge in [0.25, 0.3) is 0 Å². The molecule has 0 aliphatic heterocycles. The van der Waals surface area contributed by atoms with Gasteiger partial charge in [-0.2, -0.15) is 0 Å². The fourth-order valence-electron chi connectivity index (χ4n) is 1.20. The number of allylic oxidation sites excluding steroid dienone is 1. The van der Waals surface area contributed by atoms with Gasteiger partial charge >= 0.3 is 0 Å². The molecule has 1 aromatic carbocycles. The summed E-state index contributed by atoms with van der Waals surface area (Å²) in [6, 6.07) is 8.12. The van der Waals surface area contributed by atoms with Crippen molar-refractivity contribution in [1.29, 1.82) is 0 Å². The van der Waals surface area contributed by atoms with Crippen LogP contribution in [0.1, 0.15) is 11.1 Å². The quantitative estimate of drug-likeness (QED) is 0.491. The zero-order chi connectivity index (χ0) is 10.2. The highest BCUT2D eigenvalue weighted by Crippen LogP contribution is 2.12. The maximum absolute atomic E-state index is 5.28. The Labute approximate surface area is 85.7 Å². The van der Waals surface area contributed by atoms with Crippen LogP contribution in [0.25, 0.3) is 0 Å². The Morgan fingerprint density at radius 1 is 1.14 bits per heavy atom. The molecule has 0 aliphatic rings. The van der Waals surface area contributed by atoms with Crippen molar-refractivity contribution in [3.05, 3.63) is 67.3 Å². The van der Waals surface area contributed by atoms with E-state index in [9.17, 15) is 0 Å². The molecule has 1 nitrogen and oxygen atoms in total. The topological polar surface area (TPSA) is 9.23 Å². The lowest BCUT2D eigenvalue weighted by Gasteiger charge is -2.06. The summed E-state index contributed by atoms with van der Waals surface area (Å²) >= 11 is 0. The molecule has 0 spiro atoms. The van der Waals surface area contributed by atoms with Crippen LogP contribution in [-0.2, 0) is 11.2 Å². The lowest BCUT2D eigenvalue weighted by molar-refractivity contribution is 0.248. The number of benzene rings is 1. The molecule has 1 radical (unpaired) electrons. The lowest BCUT2D eigenvalue weighted by atomic mass is 10.1. The zero-order valence-corrected chi connectivity index (χ0v) is 8.28. The molecule has 1 aromatic rings. The van der Waals surface area contributed by atoms with Gasteiger partial charge in [0.2, 0.25) is 0 Å². The van der Waals surface area contributed by atoms with Crippen molar-refractivity contribution in [3.8, 4) is 0 Å². The van der Waals surface area contributed by atoms with Gasteiger partial charge in [-0.3, -0.25) is 0 Å². The van der Waals surface area contributed by atoms with Gasteiger partial charge in [0.05, 0.1) is 6.61 Å². The fourth-order valence-corrected chi connectivity index (χ4v) is 1.20. The first-order valence-corrected chi connectivity index (χ1v) is 4.63. The Balaban J connectivity index is 2.63. The molecule has 0 atom stereocenters. The largest absolute Gasteiger partial charge is 0.366 e. The average molecular weight is 187 g/mol. The molecule has 0 aliphatic carbocycles. The monoisotopic (exact) mass is 187 g/mol. The molecule has 0 fully saturated rings. The summed E-state index contributed by atoms with van der Waals surface area (Å²) in [4.78, 5) is 0. The predicted molar refractivity (Wildman–Crippen MR) is 59.9 cm³/mol. The summed E-state index contributed by atoms with van der Waals surface area (Å²) in [6.07, 6.45) is 4.48. The molecule has 1 heteroatoms. The second-order valence-electron chi connectivity index (χ2n) is 2.93. The number of ether oxygens (including phenoxy) is 1. The van der Waals surface area contributed by atoms with Gasteiger partial charge in [0.1, 0.15) is 6.61 Å². The summed E-state index contributed by atoms with van der Waals surface area (Å²) in [5, 5.41) is 0. The first-order chi connectivity index (χ1) is 6.88. The van der Waals surface area contributed by atoms with Crippen molar-refractivity contribution < 1.29 is 4.74 Å². The van der Waals surface area contributed by atoms with Crippen molar-refractivity contribution in [1.82, 2.24) is 0 Å². The predicted octanol–water partition coefficient (Wildman–Crippen LogP) is 3.13. The van der Waals surface area contributed by atoms with Crippen LogP contribution in [-0.4, -0.2) is 6.61 Å². The van der Waals surface area contributed by atoms with Crippen LogP contribution >= 0.6 is 0 Å². The normalized spacial score (nSPS) is 9.71. The molecule has 0 saturated heterocycles. The number of hydrogen-bond donors (Lipinski definition) is 0. The van der Waals surface area contributed by atoms with Crippen molar-refractivity contribution >= 4 is 0 Å². The molecule has 0 amide bonds. The first kappa shape index (κ1) is 10.7. The van der Waals surface area contributed by atoms with Gasteiger partial charge in [-0.15, -0.1) is 13.2 Å². The van der Waals surface area contributed by atoms with E-state index < -0.39 is 0 Å². The molecule has 0 aromatic heterocycles. The summed E-state index contributed by atoms with van der Waals surface area (Å²) in [5.41, 5.74) is 2.33. The van der Waals surface area contributed by atoms with Crippen LogP contribution in [0.2, 0.25) is 0 Å². The van der Waals surface area contributed by atoms with E-state index in [0.717, 1.165) is 12.0 Å². The molecule has 0 heterocycles. The van der Waals surface area contributed by atoms with Gasteiger partial charge in [-0.1, -0.05) is 36.4 Å². The zero-order valence-electron chi connectivity index (χ0n) is 8.28. The Bertz CT molecular complexity index is 302. The van der Waals surface area contributed by atoms with Crippen LogP contribution in [0, 0.1) is 6.61 Å². The van der Waals surface area contributed by atoms with Gasteiger partial charge in [-0.25, -0.2) is 0 Å². The third kappa shape index (κ3) is 3.19. The molecule has 1 rings (SSSR count). The van der Waals surface area contributed by atoms with Gasteiger partial charge in [0, 0.05) is 0 Å². The molecule has 73 valence electrons. The highest BCUT2D eigenvalue weighted by Gasteiger charge is 1.99. The summed E-state index contributed by atoms with van der Waals surface area (Å²) < 4.78 is 5.28. The highest BCUT2D eigenvalue weighted by molar-refractivity contribution is 5.32. The highest BCUT2D eigenvalue weighted by atomic mass is 16.5. The van der Waals surface area contributed by atoms with Gasteiger partial charge in [0.15, 0.2) is 0 Å². The smallest absolute Gasteiger partial charge is 0.114 e. The minimum atomic E-state index is 0.544. The third-order valence-corrected chi connectivity index (χ3v) is 1.84. The summed E-state index contributed by atoms with van der Waals surface area (Å²) in [6.45, 7) is 9.62. The van der Waals surface area contributed by atoms with Gasteiger partial charge in [-0.05, 0) is 17.5 Å².